The highest BCUT2D eigenvalue weighted by Crippen LogP contribution is 2.30. The van der Waals surface area contributed by atoms with E-state index >= 15 is 0 Å². The number of aromatic nitrogens is 3. The molecule has 0 bridgehead atoms. The fourth-order valence-electron chi connectivity index (χ4n) is 4.77. The van der Waals surface area contributed by atoms with Crippen molar-refractivity contribution in [2.45, 2.75) is 19.3 Å². The van der Waals surface area contributed by atoms with Crippen molar-refractivity contribution in [1.82, 2.24) is 20.1 Å². The van der Waals surface area contributed by atoms with E-state index in [2.05, 4.69) is 50.4 Å². The lowest BCUT2D eigenvalue weighted by molar-refractivity contribution is 0.200. The first-order valence-electron chi connectivity index (χ1n) is 12.9. The Morgan fingerprint density at radius 3 is 2.42 bits per heavy atom. The zero-order chi connectivity index (χ0) is 25.7. The highest BCUT2D eigenvalue weighted by Gasteiger charge is 2.16. The summed E-state index contributed by atoms with van der Waals surface area (Å²) in [6, 6.07) is 26.1. The Hall–Kier alpha value is -4.85. The van der Waals surface area contributed by atoms with Gasteiger partial charge in [0.1, 0.15) is 11.6 Å². The van der Waals surface area contributed by atoms with Crippen molar-refractivity contribution in [3.8, 4) is 11.1 Å². The molecular weight excluding hydrogens is 474 g/mol. The summed E-state index contributed by atoms with van der Waals surface area (Å²) >= 11 is 0. The first-order valence-corrected chi connectivity index (χ1v) is 12.9. The Morgan fingerprint density at radius 2 is 1.61 bits per heavy atom. The quantitative estimate of drug-likeness (QED) is 0.198. The van der Waals surface area contributed by atoms with Crippen LogP contribution in [0.1, 0.15) is 19.3 Å². The number of amides is 2. The van der Waals surface area contributed by atoms with Crippen molar-refractivity contribution >= 4 is 45.5 Å². The Kier molecular flexibility index (Phi) is 6.59. The van der Waals surface area contributed by atoms with E-state index in [0.29, 0.717) is 5.82 Å². The summed E-state index contributed by atoms with van der Waals surface area (Å²) in [5.74, 6) is 1.47. The molecule has 4 N–H and O–H groups in total. The van der Waals surface area contributed by atoms with Crippen molar-refractivity contribution in [2.24, 2.45) is 0 Å². The van der Waals surface area contributed by atoms with Gasteiger partial charge in [-0.1, -0.05) is 42.5 Å². The summed E-state index contributed by atoms with van der Waals surface area (Å²) in [7, 11) is 0. The minimum atomic E-state index is -0.0454. The molecule has 0 radical (unpaired) electrons. The van der Waals surface area contributed by atoms with Crippen LogP contribution in [0.3, 0.4) is 0 Å². The van der Waals surface area contributed by atoms with E-state index in [4.69, 9.17) is 4.98 Å². The number of likely N-dealkylation sites (tertiary alicyclic amines) is 1. The number of carbonyl (C=O) groups is 1. The summed E-state index contributed by atoms with van der Waals surface area (Å²) in [5.41, 5.74) is 4.67. The lowest BCUT2D eigenvalue weighted by Crippen LogP contribution is -2.38. The van der Waals surface area contributed by atoms with E-state index in [9.17, 15) is 4.79 Å². The van der Waals surface area contributed by atoms with Gasteiger partial charge in [-0.3, -0.25) is 5.10 Å². The Morgan fingerprint density at radius 1 is 0.789 bits per heavy atom. The van der Waals surface area contributed by atoms with Gasteiger partial charge in [0.25, 0.3) is 0 Å². The minimum Gasteiger partial charge on any atom is -0.340 e. The number of anilines is 5. The molecule has 190 valence electrons. The number of aromatic amines is 1. The van der Waals surface area contributed by atoms with Crippen LogP contribution >= 0.6 is 0 Å². The van der Waals surface area contributed by atoms with Gasteiger partial charge in [-0.05, 0) is 66.6 Å². The molecule has 1 aliphatic heterocycles. The SMILES string of the molecule is O=C(Nc1cccc(Nc2cc3ccccc3c(Nc3ccc(-c4cn[nH]c4)cc3)n2)c1)N1CCCCC1. The molecule has 0 saturated carbocycles. The van der Waals surface area contributed by atoms with Gasteiger partial charge in [-0.25, -0.2) is 9.78 Å². The molecular formula is C30H29N7O. The topological polar surface area (TPSA) is 98.0 Å². The molecule has 6 rings (SSSR count). The molecule has 0 spiro atoms. The molecule has 3 heterocycles. The fourth-order valence-corrected chi connectivity index (χ4v) is 4.77. The smallest absolute Gasteiger partial charge is 0.321 e. The van der Waals surface area contributed by atoms with Crippen molar-refractivity contribution in [1.29, 1.82) is 0 Å². The van der Waals surface area contributed by atoms with Crippen LogP contribution in [0, 0.1) is 0 Å². The number of nitrogens with one attached hydrogen (secondary N) is 4. The lowest BCUT2D eigenvalue weighted by Gasteiger charge is -2.26. The Balaban J connectivity index is 1.22. The molecule has 2 amide bonds. The molecule has 8 nitrogen and oxygen atoms in total. The minimum absolute atomic E-state index is 0.0454. The van der Waals surface area contributed by atoms with Crippen LogP contribution < -0.4 is 16.0 Å². The van der Waals surface area contributed by atoms with Gasteiger partial charge in [-0.15, -0.1) is 0 Å². The maximum Gasteiger partial charge on any atom is 0.321 e. The van der Waals surface area contributed by atoms with Crippen molar-refractivity contribution in [3.63, 3.8) is 0 Å². The van der Waals surface area contributed by atoms with Gasteiger partial charge in [0, 0.05) is 47.3 Å². The first-order chi connectivity index (χ1) is 18.7. The van der Waals surface area contributed by atoms with Gasteiger partial charge < -0.3 is 20.9 Å². The van der Waals surface area contributed by atoms with Crippen LogP contribution in [-0.2, 0) is 0 Å². The Labute approximate surface area is 221 Å². The monoisotopic (exact) mass is 503 g/mol. The number of fused-ring (bicyclic) bond motifs is 1. The van der Waals surface area contributed by atoms with E-state index in [1.165, 1.54) is 6.42 Å². The zero-order valence-corrected chi connectivity index (χ0v) is 20.9. The van der Waals surface area contributed by atoms with E-state index in [0.717, 1.165) is 70.7 Å². The molecule has 0 aliphatic carbocycles. The van der Waals surface area contributed by atoms with E-state index < -0.39 is 0 Å². The van der Waals surface area contributed by atoms with Crippen molar-refractivity contribution < 1.29 is 4.79 Å². The number of urea groups is 1. The van der Waals surface area contributed by atoms with Crippen LogP contribution in [0.15, 0.2) is 91.3 Å². The number of pyridine rings is 1. The molecule has 1 saturated heterocycles. The summed E-state index contributed by atoms with van der Waals surface area (Å²) in [5, 5.41) is 18.9. The summed E-state index contributed by atoms with van der Waals surface area (Å²) in [6.07, 6.45) is 7.00. The number of H-pyrrole nitrogens is 1. The van der Waals surface area contributed by atoms with E-state index in [-0.39, 0.29) is 6.03 Å². The molecule has 2 aromatic heterocycles. The Bertz CT molecular complexity index is 1540. The zero-order valence-electron chi connectivity index (χ0n) is 20.9. The van der Waals surface area contributed by atoms with Gasteiger partial charge >= 0.3 is 6.03 Å². The van der Waals surface area contributed by atoms with Crippen molar-refractivity contribution in [3.05, 3.63) is 91.3 Å². The largest absolute Gasteiger partial charge is 0.340 e. The van der Waals surface area contributed by atoms with Crippen LogP contribution in [-0.4, -0.2) is 39.2 Å². The number of benzene rings is 3. The van der Waals surface area contributed by atoms with Crippen LogP contribution in [0.25, 0.3) is 21.9 Å². The second-order valence-electron chi connectivity index (χ2n) is 9.45. The number of carbonyl (C=O) groups excluding carboxylic acids is 1. The molecule has 8 heteroatoms. The first kappa shape index (κ1) is 23.5. The summed E-state index contributed by atoms with van der Waals surface area (Å²) in [6.45, 7) is 1.62. The third kappa shape index (κ3) is 5.29. The number of hydrogen-bond acceptors (Lipinski definition) is 5. The average Bonchev–Trinajstić information content (AvgIpc) is 3.49. The fraction of sp³-hybridized carbons (Fsp3) is 0.167. The van der Waals surface area contributed by atoms with Gasteiger partial charge in [0.15, 0.2) is 0 Å². The predicted molar refractivity (Wildman–Crippen MR) is 153 cm³/mol. The van der Waals surface area contributed by atoms with Gasteiger partial charge in [-0.2, -0.15) is 5.10 Å². The molecule has 38 heavy (non-hydrogen) atoms. The summed E-state index contributed by atoms with van der Waals surface area (Å²) < 4.78 is 0. The number of rotatable bonds is 6. The number of nitrogens with zero attached hydrogens (tertiary/aromatic N) is 3. The molecule has 1 fully saturated rings. The van der Waals surface area contributed by atoms with E-state index in [1.54, 1.807) is 6.20 Å². The molecule has 0 atom stereocenters. The third-order valence-corrected chi connectivity index (χ3v) is 6.75. The standard InChI is InChI=1S/C30H29N7O/c38-30(37-15-4-1-5-16-37)35-26-9-6-8-25(18-26)33-28-17-22-7-2-3-10-27(22)29(36-28)34-24-13-11-21(12-14-24)23-19-31-32-20-23/h2-3,6-14,17-20H,1,4-5,15-16H2,(H,31,32)(H,35,38)(H2,33,34,36). The maximum absolute atomic E-state index is 12.7. The third-order valence-electron chi connectivity index (χ3n) is 6.75. The molecule has 5 aromatic rings. The molecule has 1 aliphatic rings. The molecule has 0 unspecified atom stereocenters. The van der Waals surface area contributed by atoms with Crippen LogP contribution in [0.5, 0.6) is 0 Å². The predicted octanol–water partition coefficient (Wildman–Crippen LogP) is 7.13. The van der Waals surface area contributed by atoms with Crippen LogP contribution in [0.4, 0.5) is 33.5 Å². The second-order valence-corrected chi connectivity index (χ2v) is 9.45. The highest BCUT2D eigenvalue weighted by atomic mass is 16.2. The number of piperidine rings is 1. The van der Waals surface area contributed by atoms with Gasteiger partial charge in [0.2, 0.25) is 0 Å². The second kappa shape index (κ2) is 10.6. The van der Waals surface area contributed by atoms with Gasteiger partial charge in [0.05, 0.1) is 6.20 Å². The maximum atomic E-state index is 12.7. The van der Waals surface area contributed by atoms with Crippen LogP contribution in [0.2, 0.25) is 0 Å². The normalized spacial score (nSPS) is 13.3. The average molecular weight is 504 g/mol. The summed E-state index contributed by atoms with van der Waals surface area (Å²) in [4.78, 5) is 19.4. The van der Waals surface area contributed by atoms with E-state index in [1.807, 2.05) is 65.7 Å². The lowest BCUT2D eigenvalue weighted by atomic mass is 10.1. The highest BCUT2D eigenvalue weighted by molar-refractivity contribution is 5.96. The number of hydrogen-bond donors (Lipinski definition) is 4. The van der Waals surface area contributed by atoms with Crippen molar-refractivity contribution in [2.75, 3.05) is 29.0 Å². The molecule has 3 aromatic carbocycles.